The van der Waals surface area contributed by atoms with Gasteiger partial charge in [0.1, 0.15) is 0 Å². The Bertz CT molecular complexity index is 273. The van der Waals surface area contributed by atoms with E-state index in [1.54, 1.807) is 0 Å². The van der Waals surface area contributed by atoms with Crippen LogP contribution in [0.1, 0.15) is 51.9 Å². The van der Waals surface area contributed by atoms with E-state index in [0.29, 0.717) is 25.2 Å². The van der Waals surface area contributed by atoms with Crippen LogP contribution in [0.25, 0.3) is 0 Å². The van der Waals surface area contributed by atoms with E-state index in [2.05, 4.69) is 5.32 Å². The number of hydrogen-bond donors (Lipinski definition) is 2. The molecule has 0 heterocycles. The molecule has 3 N–H and O–H groups in total. The van der Waals surface area contributed by atoms with Crippen molar-refractivity contribution in [1.82, 2.24) is 5.32 Å². The molecule has 1 unspecified atom stereocenters. The van der Waals surface area contributed by atoms with Gasteiger partial charge in [0.05, 0.1) is 11.6 Å². The van der Waals surface area contributed by atoms with Gasteiger partial charge >= 0.3 is 0 Å². The van der Waals surface area contributed by atoms with Crippen LogP contribution in [0.4, 0.5) is 0 Å². The van der Waals surface area contributed by atoms with Crippen molar-refractivity contribution in [3.63, 3.8) is 0 Å². The Balaban J connectivity index is 1.73. The second-order valence-electron chi connectivity index (χ2n) is 5.64. The summed E-state index contributed by atoms with van der Waals surface area (Å²) in [5, 5.41) is 3.34. The number of nitrogens with two attached hydrogens (primary N) is 1. The lowest BCUT2D eigenvalue weighted by atomic mass is 9.97. The molecule has 98 valence electrons. The highest BCUT2D eigenvalue weighted by Gasteiger charge is 2.36. The highest BCUT2D eigenvalue weighted by Crippen LogP contribution is 2.25. The van der Waals surface area contributed by atoms with Crippen LogP contribution in [0.3, 0.4) is 0 Å². The Morgan fingerprint density at radius 1 is 1.35 bits per heavy atom. The number of hydrogen-bond acceptors (Lipinski definition) is 3. The van der Waals surface area contributed by atoms with E-state index in [9.17, 15) is 4.79 Å². The Morgan fingerprint density at radius 3 is 2.53 bits per heavy atom. The average Bonchev–Trinajstić information content (AvgIpc) is 2.93. The molecule has 17 heavy (non-hydrogen) atoms. The fraction of sp³-hybridized carbons (Fsp3) is 0.923. The van der Waals surface area contributed by atoms with Gasteiger partial charge in [0.15, 0.2) is 0 Å². The van der Waals surface area contributed by atoms with Crippen molar-refractivity contribution in [2.75, 3.05) is 6.61 Å². The van der Waals surface area contributed by atoms with Crippen LogP contribution < -0.4 is 11.1 Å². The zero-order valence-electron chi connectivity index (χ0n) is 10.7. The van der Waals surface area contributed by atoms with Gasteiger partial charge in [-0.25, -0.2) is 0 Å². The third-order valence-corrected chi connectivity index (χ3v) is 3.90. The fourth-order valence-corrected chi connectivity index (χ4v) is 2.43. The SMILES string of the molecule is CC(CCOC1CCCC1)(NC1CC1)C(N)=O. The van der Waals surface area contributed by atoms with E-state index >= 15 is 0 Å². The van der Waals surface area contributed by atoms with Gasteiger partial charge in [0.25, 0.3) is 0 Å². The standard InChI is InChI=1S/C13H24N2O2/c1-13(12(14)16,15-10-6-7-10)8-9-17-11-4-2-3-5-11/h10-11,15H,2-9H2,1H3,(H2,14,16). The quantitative estimate of drug-likeness (QED) is 0.705. The molecule has 2 saturated carbocycles. The van der Waals surface area contributed by atoms with Gasteiger partial charge in [-0.15, -0.1) is 0 Å². The summed E-state index contributed by atoms with van der Waals surface area (Å²) in [5.41, 5.74) is 4.89. The van der Waals surface area contributed by atoms with Crippen molar-refractivity contribution in [2.24, 2.45) is 5.73 Å². The second-order valence-corrected chi connectivity index (χ2v) is 5.64. The van der Waals surface area contributed by atoms with Crippen LogP contribution in [0.2, 0.25) is 0 Å². The van der Waals surface area contributed by atoms with Crippen LogP contribution in [0, 0.1) is 0 Å². The molecule has 1 atom stereocenters. The van der Waals surface area contributed by atoms with Gasteiger partial charge in [-0.05, 0) is 39.0 Å². The van der Waals surface area contributed by atoms with Gasteiger partial charge in [0, 0.05) is 12.6 Å². The highest BCUT2D eigenvalue weighted by molar-refractivity contribution is 5.84. The summed E-state index contributed by atoms with van der Waals surface area (Å²) < 4.78 is 5.80. The molecule has 2 fully saturated rings. The average molecular weight is 240 g/mol. The predicted molar refractivity (Wildman–Crippen MR) is 66.6 cm³/mol. The van der Waals surface area contributed by atoms with E-state index in [1.807, 2.05) is 6.92 Å². The van der Waals surface area contributed by atoms with E-state index in [4.69, 9.17) is 10.5 Å². The first-order chi connectivity index (χ1) is 8.10. The van der Waals surface area contributed by atoms with Gasteiger partial charge in [-0.1, -0.05) is 12.8 Å². The summed E-state index contributed by atoms with van der Waals surface area (Å²) in [5.74, 6) is -0.264. The Labute approximate surface area is 103 Å². The van der Waals surface area contributed by atoms with Crippen LogP contribution in [-0.4, -0.2) is 30.2 Å². The zero-order valence-corrected chi connectivity index (χ0v) is 10.7. The van der Waals surface area contributed by atoms with Gasteiger partial charge in [-0.3, -0.25) is 4.79 Å². The molecule has 0 aliphatic heterocycles. The zero-order chi connectivity index (χ0) is 12.3. The van der Waals surface area contributed by atoms with Gasteiger partial charge in [-0.2, -0.15) is 0 Å². The fourth-order valence-electron chi connectivity index (χ4n) is 2.43. The Kier molecular flexibility index (Phi) is 4.05. The molecule has 1 amide bonds. The Hall–Kier alpha value is -0.610. The van der Waals surface area contributed by atoms with Crippen molar-refractivity contribution >= 4 is 5.91 Å². The van der Waals surface area contributed by atoms with E-state index in [-0.39, 0.29) is 5.91 Å². The molecule has 4 heteroatoms. The molecule has 0 radical (unpaired) electrons. The topological polar surface area (TPSA) is 64.3 Å². The highest BCUT2D eigenvalue weighted by atomic mass is 16.5. The summed E-state index contributed by atoms with van der Waals surface area (Å²) in [6.07, 6.45) is 8.30. The first kappa shape index (κ1) is 12.8. The molecule has 0 aromatic heterocycles. The van der Waals surface area contributed by atoms with Gasteiger partial charge in [0.2, 0.25) is 5.91 Å². The number of nitrogens with one attached hydrogen (secondary N) is 1. The molecule has 0 spiro atoms. The third-order valence-electron chi connectivity index (χ3n) is 3.90. The summed E-state index contributed by atoms with van der Waals surface area (Å²) in [4.78, 5) is 11.5. The molecule has 2 aliphatic carbocycles. The lowest BCUT2D eigenvalue weighted by Gasteiger charge is -2.28. The number of rotatable bonds is 7. The molecule has 0 aromatic rings. The summed E-state index contributed by atoms with van der Waals surface area (Å²) >= 11 is 0. The molecule has 2 rings (SSSR count). The normalized spacial score (nSPS) is 24.8. The molecular weight excluding hydrogens is 216 g/mol. The number of primary amides is 1. The molecule has 2 aliphatic rings. The molecule has 0 saturated heterocycles. The number of carbonyl (C=O) groups is 1. The maximum atomic E-state index is 11.5. The minimum atomic E-state index is -0.597. The van der Waals surface area contributed by atoms with Crippen LogP contribution in [0.5, 0.6) is 0 Å². The third kappa shape index (κ3) is 3.68. The first-order valence-corrected chi connectivity index (χ1v) is 6.79. The van der Waals surface area contributed by atoms with E-state index < -0.39 is 5.54 Å². The van der Waals surface area contributed by atoms with Crippen molar-refractivity contribution in [2.45, 2.75) is 69.6 Å². The molecule has 0 bridgehead atoms. The van der Waals surface area contributed by atoms with Crippen LogP contribution >= 0.6 is 0 Å². The number of ether oxygens (including phenoxy) is 1. The maximum absolute atomic E-state index is 11.5. The number of amides is 1. The van der Waals surface area contributed by atoms with Crippen molar-refractivity contribution in [3.8, 4) is 0 Å². The minimum Gasteiger partial charge on any atom is -0.378 e. The summed E-state index contributed by atoms with van der Waals surface area (Å²) in [7, 11) is 0. The lowest BCUT2D eigenvalue weighted by molar-refractivity contribution is -0.125. The monoisotopic (exact) mass is 240 g/mol. The van der Waals surface area contributed by atoms with Gasteiger partial charge < -0.3 is 15.8 Å². The van der Waals surface area contributed by atoms with Crippen LogP contribution in [-0.2, 0) is 9.53 Å². The van der Waals surface area contributed by atoms with Crippen molar-refractivity contribution < 1.29 is 9.53 Å². The predicted octanol–water partition coefficient (Wildman–Crippen LogP) is 1.33. The lowest BCUT2D eigenvalue weighted by Crippen LogP contribution is -2.54. The van der Waals surface area contributed by atoms with E-state index in [0.717, 1.165) is 12.8 Å². The van der Waals surface area contributed by atoms with Crippen molar-refractivity contribution in [1.29, 1.82) is 0 Å². The van der Waals surface area contributed by atoms with Crippen LogP contribution in [0.15, 0.2) is 0 Å². The first-order valence-electron chi connectivity index (χ1n) is 6.79. The number of carbonyl (C=O) groups excluding carboxylic acids is 1. The smallest absolute Gasteiger partial charge is 0.237 e. The van der Waals surface area contributed by atoms with E-state index in [1.165, 1.54) is 25.7 Å². The molecular formula is C13H24N2O2. The molecule has 4 nitrogen and oxygen atoms in total. The summed E-state index contributed by atoms with van der Waals surface area (Å²) in [6.45, 7) is 2.52. The maximum Gasteiger partial charge on any atom is 0.237 e. The largest absolute Gasteiger partial charge is 0.378 e. The summed E-state index contributed by atoms with van der Waals surface area (Å²) in [6, 6.07) is 0.485. The molecule has 0 aromatic carbocycles. The minimum absolute atomic E-state index is 0.264. The Morgan fingerprint density at radius 2 is 2.00 bits per heavy atom. The second kappa shape index (κ2) is 5.36. The van der Waals surface area contributed by atoms with Crippen molar-refractivity contribution in [3.05, 3.63) is 0 Å².